The Kier molecular flexibility index (Phi) is 7.08. The molecule has 1 N–H and O–H groups in total. The van der Waals surface area contributed by atoms with Crippen molar-refractivity contribution in [2.75, 3.05) is 7.05 Å². The Labute approximate surface area is 206 Å². The molecule has 6 nitrogen and oxygen atoms in total. The van der Waals surface area contributed by atoms with Gasteiger partial charge in [0.2, 0.25) is 5.91 Å². The number of esters is 1. The molecule has 0 spiro atoms. The van der Waals surface area contributed by atoms with Gasteiger partial charge in [-0.1, -0.05) is 27.2 Å². The summed E-state index contributed by atoms with van der Waals surface area (Å²) in [5, 5.41) is 13.0. The van der Waals surface area contributed by atoms with Crippen molar-refractivity contribution in [3.05, 3.63) is 0 Å². The van der Waals surface area contributed by atoms with E-state index in [1.165, 1.54) is 0 Å². The van der Waals surface area contributed by atoms with Gasteiger partial charge in [0, 0.05) is 18.0 Å². The molecule has 2 bridgehead atoms. The zero-order valence-electron chi connectivity index (χ0n) is 22.0. The Balaban J connectivity index is 1.50. The third kappa shape index (κ3) is 4.87. The average molecular weight is 472 g/mol. The third-order valence-corrected chi connectivity index (χ3v) is 9.96. The Bertz CT molecular complexity index is 828. The van der Waals surface area contributed by atoms with Gasteiger partial charge < -0.3 is 15.0 Å². The predicted octanol–water partition coefficient (Wildman–Crippen LogP) is 4.97. The summed E-state index contributed by atoms with van der Waals surface area (Å²) in [5.41, 5.74) is -0.748. The summed E-state index contributed by atoms with van der Waals surface area (Å²) < 4.78 is 6.44. The number of fused-ring (bicyclic) bond motifs is 2. The van der Waals surface area contributed by atoms with Crippen molar-refractivity contribution in [2.24, 2.45) is 23.2 Å². The third-order valence-electron chi connectivity index (χ3n) is 9.96. The molecule has 4 aliphatic rings. The van der Waals surface area contributed by atoms with Gasteiger partial charge in [-0.15, -0.1) is 0 Å². The molecule has 6 heteroatoms. The number of nitrogens with zero attached hydrogens (tertiary/aromatic N) is 2. The first-order valence-electron chi connectivity index (χ1n) is 13.7. The highest BCUT2D eigenvalue weighted by Crippen LogP contribution is 2.56. The average Bonchev–Trinajstić information content (AvgIpc) is 3.02. The van der Waals surface area contributed by atoms with E-state index in [1.807, 2.05) is 11.9 Å². The second kappa shape index (κ2) is 9.45. The smallest absolute Gasteiger partial charge is 0.308 e. The lowest BCUT2D eigenvalue weighted by Crippen LogP contribution is -2.55. The van der Waals surface area contributed by atoms with E-state index >= 15 is 0 Å². The molecule has 34 heavy (non-hydrogen) atoms. The molecule has 7 atom stereocenters. The highest BCUT2D eigenvalue weighted by molar-refractivity contribution is 5.78. The Morgan fingerprint density at radius 2 is 1.88 bits per heavy atom. The maximum absolute atomic E-state index is 13.5. The van der Waals surface area contributed by atoms with Crippen LogP contribution in [0.1, 0.15) is 105 Å². The van der Waals surface area contributed by atoms with Crippen LogP contribution in [0.4, 0.5) is 0 Å². The van der Waals surface area contributed by atoms with E-state index in [9.17, 15) is 14.9 Å². The van der Waals surface area contributed by atoms with Crippen LogP contribution < -0.4 is 5.32 Å². The van der Waals surface area contributed by atoms with Gasteiger partial charge >= 0.3 is 5.97 Å². The van der Waals surface area contributed by atoms with Crippen LogP contribution in [0.15, 0.2) is 0 Å². The first kappa shape index (κ1) is 25.5. The number of carbonyl (C=O) groups is 2. The maximum atomic E-state index is 13.5. The van der Waals surface area contributed by atoms with Crippen LogP contribution in [0.2, 0.25) is 0 Å². The fraction of sp³-hybridized carbons (Fsp3) is 0.893. The molecule has 4 fully saturated rings. The zero-order chi connectivity index (χ0) is 24.7. The zero-order valence-corrected chi connectivity index (χ0v) is 22.0. The number of rotatable bonds is 7. The largest absolute Gasteiger partial charge is 0.459 e. The maximum Gasteiger partial charge on any atom is 0.308 e. The van der Waals surface area contributed by atoms with Crippen LogP contribution in [-0.2, 0) is 14.3 Å². The second-order valence-electron chi connectivity index (χ2n) is 12.8. The van der Waals surface area contributed by atoms with E-state index in [0.717, 1.165) is 64.2 Å². The Morgan fingerprint density at radius 1 is 1.15 bits per heavy atom. The quantitative estimate of drug-likeness (QED) is 0.530. The number of amides is 1. The molecule has 190 valence electrons. The molecule has 1 saturated heterocycles. The minimum Gasteiger partial charge on any atom is -0.459 e. The Hall–Kier alpha value is -1.61. The van der Waals surface area contributed by atoms with E-state index in [-0.39, 0.29) is 34.9 Å². The summed E-state index contributed by atoms with van der Waals surface area (Å²) in [7, 11) is 1.95. The molecule has 6 unspecified atom stereocenters. The van der Waals surface area contributed by atoms with Crippen LogP contribution in [-0.4, -0.2) is 47.0 Å². The van der Waals surface area contributed by atoms with E-state index in [1.54, 1.807) is 0 Å². The predicted molar refractivity (Wildman–Crippen MR) is 132 cm³/mol. The number of nitrogens with one attached hydrogen (secondary N) is 1. The SMILES string of the molecule is CCC1CC2CC(C)(CC(=O)N3C(C#N)CC(C)[C@@H]3C)CC(OC(=O)CC3(NC)CCC3)(C1)C2. The molecular weight excluding hydrogens is 426 g/mol. The monoisotopic (exact) mass is 471 g/mol. The second-order valence-corrected chi connectivity index (χ2v) is 12.8. The van der Waals surface area contributed by atoms with Crippen molar-refractivity contribution in [2.45, 2.75) is 128 Å². The van der Waals surface area contributed by atoms with Crippen molar-refractivity contribution >= 4 is 11.9 Å². The summed E-state index contributed by atoms with van der Waals surface area (Å²) in [6.07, 6.45) is 10.8. The number of ether oxygens (including phenoxy) is 1. The van der Waals surface area contributed by atoms with Gasteiger partial charge in [-0.05, 0) is 94.9 Å². The highest BCUT2D eigenvalue weighted by atomic mass is 16.6. The molecule has 0 aromatic carbocycles. The van der Waals surface area contributed by atoms with Gasteiger partial charge in [-0.3, -0.25) is 9.59 Å². The summed E-state index contributed by atoms with van der Waals surface area (Å²) in [4.78, 5) is 28.6. The number of hydrogen-bond acceptors (Lipinski definition) is 5. The Morgan fingerprint density at radius 3 is 2.47 bits per heavy atom. The van der Waals surface area contributed by atoms with Gasteiger partial charge in [0.15, 0.2) is 0 Å². The number of hydrogen-bond donors (Lipinski definition) is 1. The standard InChI is InChI=1S/C28H45N3O3/c1-6-21-11-22-12-26(4,15-24(32)31-20(3)19(2)10-23(31)17-29)18-28(13-21,14-22)34-25(33)16-27(30-5)8-7-9-27/h19-23,30H,6-16,18H2,1-5H3/t19?,20-,21?,22?,23?,26?,28?/m0/s1. The summed E-state index contributed by atoms with van der Waals surface area (Å²) >= 11 is 0. The summed E-state index contributed by atoms with van der Waals surface area (Å²) in [6, 6.07) is 2.14. The summed E-state index contributed by atoms with van der Waals surface area (Å²) in [5.74, 6) is 1.43. The normalized spacial score (nSPS) is 40.8. The summed E-state index contributed by atoms with van der Waals surface area (Å²) in [6.45, 7) is 8.67. The molecule has 4 rings (SSSR count). The first-order valence-corrected chi connectivity index (χ1v) is 13.7. The molecule has 3 saturated carbocycles. The van der Waals surface area contributed by atoms with E-state index in [0.29, 0.717) is 30.6 Å². The van der Waals surface area contributed by atoms with Gasteiger partial charge in [0.1, 0.15) is 11.6 Å². The van der Waals surface area contributed by atoms with Crippen molar-refractivity contribution in [1.29, 1.82) is 5.26 Å². The number of carbonyl (C=O) groups excluding carboxylic acids is 2. The first-order chi connectivity index (χ1) is 16.1. The molecule has 0 aromatic heterocycles. The molecule has 1 amide bonds. The molecule has 1 aliphatic heterocycles. The highest BCUT2D eigenvalue weighted by Gasteiger charge is 2.54. The molecule has 3 aliphatic carbocycles. The minimum absolute atomic E-state index is 0.0772. The number of likely N-dealkylation sites (tertiary alicyclic amines) is 1. The minimum atomic E-state index is -0.453. The van der Waals surface area contributed by atoms with Gasteiger partial charge in [-0.25, -0.2) is 0 Å². The number of nitriles is 1. The van der Waals surface area contributed by atoms with E-state index < -0.39 is 5.60 Å². The van der Waals surface area contributed by atoms with Crippen LogP contribution in [0, 0.1) is 34.5 Å². The van der Waals surface area contributed by atoms with Crippen LogP contribution in [0.25, 0.3) is 0 Å². The van der Waals surface area contributed by atoms with Crippen LogP contribution in [0.5, 0.6) is 0 Å². The molecule has 1 heterocycles. The van der Waals surface area contributed by atoms with Gasteiger partial charge in [-0.2, -0.15) is 5.26 Å². The van der Waals surface area contributed by atoms with Gasteiger partial charge in [0.05, 0.1) is 12.5 Å². The fourth-order valence-corrected chi connectivity index (χ4v) is 8.05. The molecule has 0 aromatic rings. The van der Waals surface area contributed by atoms with Crippen LogP contribution in [0.3, 0.4) is 0 Å². The fourth-order valence-electron chi connectivity index (χ4n) is 8.05. The molecular formula is C28H45N3O3. The van der Waals surface area contributed by atoms with Crippen LogP contribution >= 0.6 is 0 Å². The lowest BCUT2D eigenvalue weighted by molar-refractivity contribution is -0.185. The lowest BCUT2D eigenvalue weighted by Gasteiger charge is -2.54. The van der Waals surface area contributed by atoms with Gasteiger partial charge in [0.25, 0.3) is 0 Å². The van der Waals surface area contributed by atoms with Crippen molar-refractivity contribution in [3.8, 4) is 6.07 Å². The van der Waals surface area contributed by atoms with E-state index in [4.69, 9.17) is 4.74 Å². The van der Waals surface area contributed by atoms with E-state index in [2.05, 4.69) is 39.1 Å². The topological polar surface area (TPSA) is 82.4 Å². The van der Waals surface area contributed by atoms with Crippen molar-refractivity contribution in [1.82, 2.24) is 10.2 Å². The van der Waals surface area contributed by atoms with Crippen molar-refractivity contribution in [3.63, 3.8) is 0 Å². The lowest BCUT2D eigenvalue weighted by atomic mass is 9.56. The molecule has 0 radical (unpaired) electrons. The van der Waals surface area contributed by atoms with Crippen molar-refractivity contribution < 1.29 is 14.3 Å².